The summed E-state index contributed by atoms with van der Waals surface area (Å²) >= 11 is 0. The maximum absolute atomic E-state index is 14.1. The van der Waals surface area contributed by atoms with Gasteiger partial charge < -0.3 is 19.5 Å². The van der Waals surface area contributed by atoms with Gasteiger partial charge in [-0.25, -0.2) is 4.98 Å². The van der Waals surface area contributed by atoms with E-state index in [1.54, 1.807) is 44.9 Å². The summed E-state index contributed by atoms with van der Waals surface area (Å²) in [6, 6.07) is 17.2. The normalized spacial score (nSPS) is 19.6. The highest BCUT2D eigenvalue weighted by atomic mass is 16.3. The summed E-state index contributed by atoms with van der Waals surface area (Å²) in [6.07, 6.45) is 7.87. The number of hydrogen-bond donors (Lipinski definition) is 1. The minimum Gasteiger partial charge on any atom is -0.388 e. The fourth-order valence-electron chi connectivity index (χ4n) is 7.14. The molecule has 0 unspecified atom stereocenters. The van der Waals surface area contributed by atoms with E-state index in [1.165, 1.54) is 10.9 Å². The van der Waals surface area contributed by atoms with E-state index in [1.807, 2.05) is 61.5 Å². The van der Waals surface area contributed by atoms with Crippen molar-refractivity contribution in [2.45, 2.75) is 37.3 Å². The van der Waals surface area contributed by atoms with Gasteiger partial charge in [0.1, 0.15) is 17.7 Å². The first kappa shape index (κ1) is 30.5. The maximum Gasteiger partial charge on any atom is 0.272 e. The number of carbonyl (C=O) groups is 2. The van der Waals surface area contributed by atoms with Crippen LogP contribution in [0.25, 0.3) is 22.3 Å². The highest BCUT2D eigenvalue weighted by Gasteiger charge is 2.42. The van der Waals surface area contributed by atoms with Gasteiger partial charge >= 0.3 is 0 Å². The van der Waals surface area contributed by atoms with Crippen LogP contribution in [-0.4, -0.2) is 87.4 Å². The molecule has 7 rings (SSSR count). The molecule has 1 aromatic carbocycles. The molecule has 2 atom stereocenters. The summed E-state index contributed by atoms with van der Waals surface area (Å²) < 4.78 is 5.02. The number of aromatic nitrogens is 6. The lowest BCUT2D eigenvalue weighted by Gasteiger charge is -2.43. The Bertz CT molecular complexity index is 1990. The van der Waals surface area contributed by atoms with Gasteiger partial charge in [0.25, 0.3) is 11.5 Å². The van der Waals surface area contributed by atoms with Crippen molar-refractivity contribution >= 4 is 22.8 Å². The third kappa shape index (κ3) is 5.85. The van der Waals surface area contributed by atoms with E-state index in [0.717, 1.165) is 16.8 Å². The molecule has 12 heteroatoms. The number of amides is 2. The van der Waals surface area contributed by atoms with E-state index in [-0.39, 0.29) is 35.8 Å². The Morgan fingerprint density at radius 3 is 2.49 bits per heavy atom. The average molecular weight is 635 g/mol. The number of aliphatic hydroxyl groups is 1. The Balaban J connectivity index is 1.05. The third-order valence-corrected chi connectivity index (χ3v) is 9.86. The summed E-state index contributed by atoms with van der Waals surface area (Å²) in [5.41, 5.74) is 2.41. The van der Waals surface area contributed by atoms with Crippen LogP contribution in [0.5, 0.6) is 0 Å². The lowest BCUT2D eigenvalue weighted by Crippen LogP contribution is -2.53. The van der Waals surface area contributed by atoms with Crippen LogP contribution in [0.4, 0.5) is 0 Å². The highest BCUT2D eigenvalue weighted by Crippen LogP contribution is 2.36. The zero-order valence-corrected chi connectivity index (χ0v) is 26.6. The van der Waals surface area contributed by atoms with Gasteiger partial charge in [0.2, 0.25) is 5.91 Å². The van der Waals surface area contributed by atoms with Gasteiger partial charge in [0, 0.05) is 76.3 Å². The average Bonchev–Trinajstić information content (AvgIpc) is 3.71. The fourth-order valence-corrected chi connectivity index (χ4v) is 7.14. The first-order valence-corrected chi connectivity index (χ1v) is 16.0. The van der Waals surface area contributed by atoms with Gasteiger partial charge in [0.05, 0.1) is 23.2 Å². The van der Waals surface area contributed by atoms with Crippen LogP contribution in [0.15, 0.2) is 84.3 Å². The molecule has 2 amide bonds. The molecule has 0 aliphatic carbocycles. The number of pyridine rings is 1. The molecular weight excluding hydrogens is 596 g/mol. The Labute approximate surface area is 271 Å². The van der Waals surface area contributed by atoms with Gasteiger partial charge in [0.15, 0.2) is 0 Å². The molecule has 0 radical (unpaired) electrons. The van der Waals surface area contributed by atoms with Crippen LogP contribution in [0, 0.1) is 5.92 Å². The molecule has 2 aliphatic heterocycles. The van der Waals surface area contributed by atoms with Gasteiger partial charge in [-0.15, -0.1) is 0 Å². The number of likely N-dealkylation sites (tertiary alicyclic amines) is 2. The zero-order valence-electron chi connectivity index (χ0n) is 26.6. The quantitative estimate of drug-likeness (QED) is 0.304. The van der Waals surface area contributed by atoms with Crippen LogP contribution >= 0.6 is 0 Å². The van der Waals surface area contributed by atoms with Crippen LogP contribution in [-0.2, 0) is 25.4 Å². The molecule has 12 nitrogen and oxygen atoms in total. The van der Waals surface area contributed by atoms with Crippen molar-refractivity contribution < 1.29 is 14.7 Å². The van der Waals surface area contributed by atoms with Crippen molar-refractivity contribution in [1.82, 2.24) is 38.7 Å². The Morgan fingerprint density at radius 2 is 1.74 bits per heavy atom. The molecule has 6 heterocycles. The van der Waals surface area contributed by atoms with E-state index in [9.17, 15) is 19.5 Å². The largest absolute Gasteiger partial charge is 0.388 e. The lowest BCUT2D eigenvalue weighted by atomic mass is 9.79. The molecule has 0 bridgehead atoms. The molecule has 2 aliphatic rings. The minimum absolute atomic E-state index is 0.0360. The number of fused-ring (bicyclic) bond motifs is 1. The maximum atomic E-state index is 14.1. The van der Waals surface area contributed by atoms with E-state index in [4.69, 9.17) is 0 Å². The molecular formula is C35H38N8O4. The van der Waals surface area contributed by atoms with Gasteiger partial charge in [-0.3, -0.25) is 28.6 Å². The molecule has 5 aromatic rings. The predicted octanol–water partition coefficient (Wildman–Crippen LogP) is 2.83. The number of piperidine rings is 2. The van der Waals surface area contributed by atoms with Crippen molar-refractivity contribution in [3.63, 3.8) is 0 Å². The SMILES string of the molecule is Cn1nccc1-c1ccnc(C(=O)N2CC[C@@H](C(=O)N3CCC(O)(Cn4cnc5c(ccn5C)c4=O)CC3)[C@H](c3ccccc3)C2)c1. The number of aryl methyl sites for hydroxylation is 2. The molecule has 0 saturated carbocycles. The molecule has 47 heavy (non-hydrogen) atoms. The van der Waals surface area contributed by atoms with E-state index in [0.29, 0.717) is 62.2 Å². The number of rotatable bonds is 6. The van der Waals surface area contributed by atoms with E-state index < -0.39 is 5.60 Å². The van der Waals surface area contributed by atoms with Gasteiger partial charge in [-0.2, -0.15) is 5.10 Å². The minimum atomic E-state index is -1.13. The predicted molar refractivity (Wildman–Crippen MR) is 175 cm³/mol. The van der Waals surface area contributed by atoms with Crippen LogP contribution in [0.2, 0.25) is 0 Å². The van der Waals surface area contributed by atoms with Gasteiger partial charge in [-0.05, 0) is 49.1 Å². The fraction of sp³-hybridized carbons (Fsp3) is 0.371. The Kier molecular flexibility index (Phi) is 7.96. The summed E-state index contributed by atoms with van der Waals surface area (Å²) in [4.78, 5) is 53.4. The summed E-state index contributed by atoms with van der Waals surface area (Å²) in [5, 5.41) is 16.2. The second kappa shape index (κ2) is 12.3. The molecule has 2 fully saturated rings. The summed E-state index contributed by atoms with van der Waals surface area (Å²) in [7, 11) is 3.69. The first-order chi connectivity index (χ1) is 22.7. The second-order valence-corrected chi connectivity index (χ2v) is 12.8. The standard InChI is InChI=1S/C35H38N8O4/c1-39-16-10-27-31(39)37-23-43(33(27)45)22-35(47)12-18-41(19-13-35)32(44)26-11-17-42(21-28(26)24-6-4-3-5-7-24)34(46)29-20-25(8-14-36-29)30-9-15-38-40(30)2/h3-10,14-16,20,23,26,28,47H,11-13,17-19,21-22H2,1-2H3/t26-,28+/m1/s1. The van der Waals surface area contributed by atoms with Crippen LogP contribution < -0.4 is 5.56 Å². The van der Waals surface area contributed by atoms with Gasteiger partial charge in [-0.1, -0.05) is 30.3 Å². The van der Waals surface area contributed by atoms with Crippen molar-refractivity contribution in [3.05, 3.63) is 101 Å². The van der Waals surface area contributed by atoms with Crippen molar-refractivity contribution in [2.75, 3.05) is 26.2 Å². The van der Waals surface area contributed by atoms with E-state index >= 15 is 0 Å². The van der Waals surface area contributed by atoms with Crippen molar-refractivity contribution in [2.24, 2.45) is 20.0 Å². The smallest absolute Gasteiger partial charge is 0.272 e. The number of nitrogens with zero attached hydrogens (tertiary/aromatic N) is 8. The molecule has 4 aromatic heterocycles. The monoisotopic (exact) mass is 634 g/mol. The van der Waals surface area contributed by atoms with E-state index in [2.05, 4.69) is 15.1 Å². The van der Waals surface area contributed by atoms with Crippen LogP contribution in [0.3, 0.4) is 0 Å². The van der Waals surface area contributed by atoms with Crippen LogP contribution in [0.1, 0.15) is 41.2 Å². The molecule has 0 spiro atoms. The Morgan fingerprint density at radius 1 is 0.957 bits per heavy atom. The zero-order chi connectivity index (χ0) is 32.7. The number of benzene rings is 1. The second-order valence-electron chi connectivity index (χ2n) is 12.8. The highest BCUT2D eigenvalue weighted by molar-refractivity contribution is 5.94. The lowest BCUT2D eigenvalue weighted by molar-refractivity contribution is -0.142. The summed E-state index contributed by atoms with van der Waals surface area (Å²) in [6.45, 7) is 1.72. The summed E-state index contributed by atoms with van der Waals surface area (Å²) in [5.74, 6) is -0.630. The first-order valence-electron chi connectivity index (χ1n) is 16.0. The third-order valence-electron chi connectivity index (χ3n) is 9.86. The topological polar surface area (TPSA) is 131 Å². The molecule has 1 N–H and O–H groups in total. The van der Waals surface area contributed by atoms with Crippen molar-refractivity contribution in [1.29, 1.82) is 0 Å². The van der Waals surface area contributed by atoms with Crippen molar-refractivity contribution in [3.8, 4) is 11.3 Å². The number of carbonyl (C=O) groups excluding carboxylic acids is 2. The Hall–Kier alpha value is -5.10. The molecule has 2 saturated heterocycles. The number of hydrogen-bond acceptors (Lipinski definition) is 7. The molecule has 242 valence electrons.